The summed E-state index contributed by atoms with van der Waals surface area (Å²) in [5.41, 5.74) is 3.83. The van der Waals surface area contributed by atoms with E-state index in [4.69, 9.17) is 4.42 Å². The Morgan fingerprint density at radius 3 is 2.53 bits per heavy atom. The van der Waals surface area contributed by atoms with E-state index in [0.717, 1.165) is 12.3 Å². The minimum absolute atomic E-state index is 0.578. The first kappa shape index (κ1) is 12.5. The molecule has 3 rings (SSSR count). The van der Waals surface area contributed by atoms with Gasteiger partial charge in [-0.3, -0.25) is 0 Å². The predicted octanol–water partition coefficient (Wildman–Crippen LogP) is 4.32. The van der Waals surface area contributed by atoms with Gasteiger partial charge in [-0.15, -0.1) is 0 Å². The van der Waals surface area contributed by atoms with Crippen molar-refractivity contribution in [2.75, 3.05) is 0 Å². The zero-order valence-electron chi connectivity index (χ0n) is 11.6. The van der Waals surface area contributed by atoms with Crippen LogP contribution in [0.5, 0.6) is 0 Å². The number of nitrogens with one attached hydrogen (secondary N) is 1. The lowest BCUT2D eigenvalue weighted by Crippen LogP contribution is -2.15. The second-order valence-electron chi connectivity index (χ2n) is 5.69. The average Bonchev–Trinajstić information content (AvgIpc) is 3.13. The minimum atomic E-state index is 0.578. The van der Waals surface area contributed by atoms with Crippen LogP contribution in [0.25, 0.3) is 11.1 Å². The summed E-state index contributed by atoms with van der Waals surface area (Å²) < 4.78 is 5.61. The standard InChI is InChI=1S/C17H21NO/c1-12(2)13-3-5-14(6-4-13)16-9-10-19-17(16)11-18-15-7-8-15/h3-6,9-10,12,15,18H,7-8,11H2,1-2H3. The van der Waals surface area contributed by atoms with Gasteiger partial charge in [-0.25, -0.2) is 0 Å². The van der Waals surface area contributed by atoms with Crippen LogP contribution in [-0.4, -0.2) is 6.04 Å². The quantitative estimate of drug-likeness (QED) is 0.860. The molecule has 1 fully saturated rings. The molecule has 0 aliphatic heterocycles. The molecule has 0 amide bonds. The second kappa shape index (κ2) is 5.22. The molecule has 0 radical (unpaired) electrons. The monoisotopic (exact) mass is 255 g/mol. The lowest BCUT2D eigenvalue weighted by Gasteiger charge is -2.07. The minimum Gasteiger partial charge on any atom is -0.467 e. The molecule has 1 aromatic carbocycles. The van der Waals surface area contributed by atoms with Crippen molar-refractivity contribution < 1.29 is 4.42 Å². The van der Waals surface area contributed by atoms with Gasteiger partial charge in [-0.05, 0) is 36.0 Å². The van der Waals surface area contributed by atoms with Crippen LogP contribution in [-0.2, 0) is 6.54 Å². The van der Waals surface area contributed by atoms with Gasteiger partial charge in [0.2, 0.25) is 0 Å². The molecular weight excluding hydrogens is 234 g/mol. The Morgan fingerprint density at radius 1 is 1.16 bits per heavy atom. The van der Waals surface area contributed by atoms with Crippen LogP contribution in [0.3, 0.4) is 0 Å². The molecule has 0 bridgehead atoms. The average molecular weight is 255 g/mol. The highest BCUT2D eigenvalue weighted by Crippen LogP contribution is 2.28. The van der Waals surface area contributed by atoms with E-state index in [1.165, 1.54) is 29.5 Å². The smallest absolute Gasteiger partial charge is 0.125 e. The number of furan rings is 1. The Hall–Kier alpha value is -1.54. The fourth-order valence-corrected chi connectivity index (χ4v) is 2.31. The molecule has 100 valence electrons. The normalized spacial score (nSPS) is 15.1. The molecule has 1 aliphatic rings. The van der Waals surface area contributed by atoms with Crippen molar-refractivity contribution in [2.45, 2.75) is 45.2 Å². The molecule has 2 aromatic rings. The van der Waals surface area contributed by atoms with Crippen molar-refractivity contribution in [1.82, 2.24) is 5.32 Å². The summed E-state index contributed by atoms with van der Waals surface area (Å²) >= 11 is 0. The zero-order valence-corrected chi connectivity index (χ0v) is 11.6. The van der Waals surface area contributed by atoms with E-state index in [1.54, 1.807) is 6.26 Å². The number of rotatable bonds is 5. The van der Waals surface area contributed by atoms with Crippen LogP contribution in [0.2, 0.25) is 0 Å². The molecule has 1 aliphatic carbocycles. The van der Waals surface area contributed by atoms with Crippen molar-refractivity contribution in [3.63, 3.8) is 0 Å². The van der Waals surface area contributed by atoms with Crippen molar-refractivity contribution in [3.8, 4) is 11.1 Å². The Kier molecular flexibility index (Phi) is 3.43. The van der Waals surface area contributed by atoms with E-state index < -0.39 is 0 Å². The van der Waals surface area contributed by atoms with E-state index in [1.807, 2.05) is 0 Å². The van der Waals surface area contributed by atoms with Crippen LogP contribution in [0.15, 0.2) is 41.0 Å². The highest BCUT2D eigenvalue weighted by atomic mass is 16.3. The molecule has 19 heavy (non-hydrogen) atoms. The summed E-state index contributed by atoms with van der Waals surface area (Å²) in [5.74, 6) is 1.62. The highest BCUT2D eigenvalue weighted by molar-refractivity contribution is 5.65. The van der Waals surface area contributed by atoms with Crippen molar-refractivity contribution in [3.05, 3.63) is 47.9 Å². The summed E-state index contributed by atoms with van der Waals surface area (Å²) in [7, 11) is 0. The molecular formula is C17H21NO. The Bertz CT molecular complexity index is 535. The first-order valence-corrected chi connectivity index (χ1v) is 7.14. The summed E-state index contributed by atoms with van der Waals surface area (Å²) in [6, 6.07) is 11.6. The molecule has 0 spiro atoms. The van der Waals surface area contributed by atoms with Crippen LogP contribution in [0.1, 0.15) is 43.9 Å². The molecule has 1 N–H and O–H groups in total. The topological polar surface area (TPSA) is 25.2 Å². The Balaban J connectivity index is 1.78. The third-order valence-electron chi connectivity index (χ3n) is 3.76. The van der Waals surface area contributed by atoms with Gasteiger partial charge in [0.15, 0.2) is 0 Å². The Labute approximate surface area is 114 Å². The maximum Gasteiger partial charge on any atom is 0.125 e. The van der Waals surface area contributed by atoms with Crippen LogP contribution >= 0.6 is 0 Å². The van der Waals surface area contributed by atoms with E-state index in [2.05, 4.69) is 49.5 Å². The lowest BCUT2D eigenvalue weighted by atomic mass is 9.99. The fourth-order valence-electron chi connectivity index (χ4n) is 2.31. The molecule has 0 atom stereocenters. The van der Waals surface area contributed by atoms with Gasteiger partial charge >= 0.3 is 0 Å². The van der Waals surface area contributed by atoms with Gasteiger partial charge in [-0.2, -0.15) is 0 Å². The SMILES string of the molecule is CC(C)c1ccc(-c2ccoc2CNC2CC2)cc1. The maximum absolute atomic E-state index is 5.61. The maximum atomic E-state index is 5.61. The van der Waals surface area contributed by atoms with Crippen molar-refractivity contribution >= 4 is 0 Å². The van der Waals surface area contributed by atoms with Gasteiger partial charge in [0, 0.05) is 11.6 Å². The fraction of sp³-hybridized carbons (Fsp3) is 0.412. The highest BCUT2D eigenvalue weighted by Gasteiger charge is 2.21. The molecule has 0 saturated heterocycles. The number of benzene rings is 1. The molecule has 1 saturated carbocycles. The van der Waals surface area contributed by atoms with Gasteiger partial charge in [-0.1, -0.05) is 38.1 Å². The molecule has 2 heteroatoms. The van der Waals surface area contributed by atoms with E-state index in [0.29, 0.717) is 12.0 Å². The largest absolute Gasteiger partial charge is 0.467 e. The molecule has 1 heterocycles. The third kappa shape index (κ3) is 2.90. The van der Waals surface area contributed by atoms with E-state index >= 15 is 0 Å². The summed E-state index contributed by atoms with van der Waals surface area (Å²) in [6.45, 7) is 5.27. The summed E-state index contributed by atoms with van der Waals surface area (Å²) in [4.78, 5) is 0. The van der Waals surface area contributed by atoms with Crippen LogP contribution < -0.4 is 5.32 Å². The predicted molar refractivity (Wildman–Crippen MR) is 78.1 cm³/mol. The van der Waals surface area contributed by atoms with Crippen LogP contribution in [0, 0.1) is 0 Å². The lowest BCUT2D eigenvalue weighted by molar-refractivity contribution is 0.483. The first-order chi connectivity index (χ1) is 9.24. The summed E-state index contributed by atoms with van der Waals surface area (Å²) in [5, 5.41) is 3.51. The molecule has 1 aromatic heterocycles. The van der Waals surface area contributed by atoms with Crippen LogP contribution in [0.4, 0.5) is 0 Å². The zero-order chi connectivity index (χ0) is 13.2. The number of hydrogen-bond acceptors (Lipinski definition) is 2. The third-order valence-corrected chi connectivity index (χ3v) is 3.76. The van der Waals surface area contributed by atoms with Crippen molar-refractivity contribution in [1.29, 1.82) is 0 Å². The second-order valence-corrected chi connectivity index (χ2v) is 5.69. The van der Waals surface area contributed by atoms with E-state index in [9.17, 15) is 0 Å². The van der Waals surface area contributed by atoms with Gasteiger partial charge < -0.3 is 9.73 Å². The number of hydrogen-bond donors (Lipinski definition) is 1. The van der Waals surface area contributed by atoms with Gasteiger partial charge in [0.05, 0.1) is 12.8 Å². The molecule has 2 nitrogen and oxygen atoms in total. The van der Waals surface area contributed by atoms with Gasteiger partial charge in [0.1, 0.15) is 5.76 Å². The van der Waals surface area contributed by atoms with Crippen molar-refractivity contribution in [2.24, 2.45) is 0 Å². The molecule has 0 unspecified atom stereocenters. The van der Waals surface area contributed by atoms with E-state index in [-0.39, 0.29) is 0 Å². The first-order valence-electron chi connectivity index (χ1n) is 7.14. The Morgan fingerprint density at radius 2 is 1.89 bits per heavy atom. The summed E-state index contributed by atoms with van der Waals surface area (Å²) in [6.07, 6.45) is 4.40. The van der Waals surface area contributed by atoms with Gasteiger partial charge in [0.25, 0.3) is 0 Å².